The van der Waals surface area contributed by atoms with Gasteiger partial charge in [0.2, 0.25) is 5.78 Å². The van der Waals surface area contributed by atoms with Gasteiger partial charge in [0.05, 0.1) is 5.92 Å². The molecule has 0 bridgehead atoms. The van der Waals surface area contributed by atoms with Crippen molar-refractivity contribution in [3.8, 4) is 0 Å². The summed E-state index contributed by atoms with van der Waals surface area (Å²) in [6.07, 6.45) is 12.5. The number of rotatable bonds is 14. The van der Waals surface area contributed by atoms with Gasteiger partial charge in [0.15, 0.2) is 6.29 Å². The summed E-state index contributed by atoms with van der Waals surface area (Å²) < 4.78 is 0. The van der Waals surface area contributed by atoms with Gasteiger partial charge >= 0.3 is 0 Å². The standard InChI is InChI=1S/C21H33NO2.BrH/c1-2-3-4-5-6-7-8-9-13-16-19(22)21(20(24)17-23)18-14-11-10-12-15-18;/h10-12,14-15,17,19,21H,2-9,13,16,22H2,1H3;1H. The van der Waals surface area contributed by atoms with Crippen LogP contribution in [0.3, 0.4) is 0 Å². The molecule has 0 radical (unpaired) electrons. The Labute approximate surface area is 163 Å². The number of carbonyl (C=O) groups excluding carboxylic acids is 2. The van der Waals surface area contributed by atoms with Crippen molar-refractivity contribution >= 4 is 29.1 Å². The van der Waals surface area contributed by atoms with E-state index < -0.39 is 11.7 Å². The number of hydrogen-bond donors (Lipinski definition) is 1. The van der Waals surface area contributed by atoms with E-state index in [1.54, 1.807) is 0 Å². The third kappa shape index (κ3) is 9.91. The molecular formula is C21H34BrNO2. The monoisotopic (exact) mass is 411 g/mol. The van der Waals surface area contributed by atoms with Crippen LogP contribution in [0.15, 0.2) is 30.3 Å². The normalized spacial score (nSPS) is 12.9. The summed E-state index contributed by atoms with van der Waals surface area (Å²) in [6, 6.07) is 9.13. The zero-order valence-corrected chi connectivity index (χ0v) is 17.2. The van der Waals surface area contributed by atoms with Crippen molar-refractivity contribution in [2.45, 2.75) is 83.1 Å². The van der Waals surface area contributed by atoms with Gasteiger partial charge in [-0.25, -0.2) is 0 Å². The van der Waals surface area contributed by atoms with Crippen LogP contribution in [0.2, 0.25) is 0 Å². The Morgan fingerprint density at radius 2 is 1.48 bits per heavy atom. The van der Waals surface area contributed by atoms with Gasteiger partial charge in [0.25, 0.3) is 0 Å². The van der Waals surface area contributed by atoms with E-state index in [9.17, 15) is 9.59 Å². The highest BCUT2D eigenvalue weighted by molar-refractivity contribution is 8.93. The number of carbonyl (C=O) groups is 2. The van der Waals surface area contributed by atoms with Crippen molar-refractivity contribution in [1.29, 1.82) is 0 Å². The van der Waals surface area contributed by atoms with Gasteiger partial charge < -0.3 is 5.73 Å². The second-order valence-electron chi connectivity index (χ2n) is 6.69. The van der Waals surface area contributed by atoms with Crippen LogP contribution >= 0.6 is 17.0 Å². The number of Topliss-reactive ketones (excluding diaryl/α,β-unsaturated/α-hetero) is 1. The molecule has 0 heterocycles. The van der Waals surface area contributed by atoms with Gasteiger partial charge in [-0.2, -0.15) is 0 Å². The van der Waals surface area contributed by atoms with Crippen molar-refractivity contribution in [3.63, 3.8) is 0 Å². The minimum atomic E-state index is -0.502. The summed E-state index contributed by atoms with van der Waals surface area (Å²) in [5, 5.41) is 0. The lowest BCUT2D eigenvalue weighted by atomic mass is 9.86. The fourth-order valence-electron chi connectivity index (χ4n) is 3.21. The van der Waals surface area contributed by atoms with E-state index in [1.165, 1.54) is 44.9 Å². The van der Waals surface area contributed by atoms with E-state index in [0.29, 0.717) is 6.29 Å². The Kier molecular flexibility index (Phi) is 14.7. The predicted molar refractivity (Wildman–Crippen MR) is 110 cm³/mol. The van der Waals surface area contributed by atoms with E-state index in [0.717, 1.165) is 24.8 Å². The molecule has 0 amide bonds. The molecule has 0 saturated heterocycles. The molecule has 142 valence electrons. The van der Waals surface area contributed by atoms with Gasteiger partial charge in [-0.3, -0.25) is 9.59 Å². The minimum absolute atomic E-state index is 0. The molecule has 2 atom stereocenters. The lowest BCUT2D eigenvalue weighted by Crippen LogP contribution is -2.34. The van der Waals surface area contributed by atoms with Crippen molar-refractivity contribution in [1.82, 2.24) is 0 Å². The van der Waals surface area contributed by atoms with Crippen molar-refractivity contribution in [3.05, 3.63) is 35.9 Å². The van der Waals surface area contributed by atoms with Gasteiger partial charge in [0.1, 0.15) is 0 Å². The second kappa shape index (κ2) is 15.3. The van der Waals surface area contributed by atoms with Crippen LogP contribution in [0.4, 0.5) is 0 Å². The lowest BCUT2D eigenvalue weighted by Gasteiger charge is -2.21. The first-order valence-electron chi connectivity index (χ1n) is 9.50. The van der Waals surface area contributed by atoms with E-state index >= 15 is 0 Å². The zero-order valence-electron chi connectivity index (χ0n) is 15.5. The average Bonchev–Trinajstić information content (AvgIpc) is 2.61. The van der Waals surface area contributed by atoms with Crippen LogP contribution in [-0.4, -0.2) is 18.1 Å². The molecule has 2 unspecified atom stereocenters. The Morgan fingerprint density at radius 1 is 0.960 bits per heavy atom. The maximum absolute atomic E-state index is 12.0. The van der Waals surface area contributed by atoms with E-state index in [4.69, 9.17) is 5.73 Å². The van der Waals surface area contributed by atoms with E-state index in [-0.39, 0.29) is 23.0 Å². The van der Waals surface area contributed by atoms with E-state index in [2.05, 4.69) is 6.92 Å². The van der Waals surface area contributed by atoms with Crippen LogP contribution in [0.1, 0.15) is 82.6 Å². The number of ketones is 1. The topological polar surface area (TPSA) is 60.2 Å². The first kappa shape index (κ1) is 24.0. The summed E-state index contributed by atoms with van der Waals surface area (Å²) in [5.74, 6) is -0.914. The minimum Gasteiger partial charge on any atom is -0.327 e. The van der Waals surface area contributed by atoms with Crippen LogP contribution < -0.4 is 5.73 Å². The zero-order chi connectivity index (χ0) is 17.6. The summed E-state index contributed by atoms with van der Waals surface area (Å²) in [6.45, 7) is 2.24. The van der Waals surface area contributed by atoms with Gasteiger partial charge in [-0.15, -0.1) is 17.0 Å². The highest BCUT2D eigenvalue weighted by Gasteiger charge is 2.26. The van der Waals surface area contributed by atoms with Crippen molar-refractivity contribution in [2.24, 2.45) is 5.73 Å². The van der Waals surface area contributed by atoms with Crippen LogP contribution in [0, 0.1) is 0 Å². The molecule has 2 N–H and O–H groups in total. The first-order chi connectivity index (χ1) is 11.7. The Bertz CT molecular complexity index is 464. The molecule has 0 aliphatic rings. The first-order valence-corrected chi connectivity index (χ1v) is 9.50. The van der Waals surface area contributed by atoms with Gasteiger partial charge in [-0.1, -0.05) is 95.0 Å². The molecular weight excluding hydrogens is 378 g/mol. The highest BCUT2D eigenvalue weighted by atomic mass is 79.9. The Hall–Kier alpha value is -1.00. The third-order valence-electron chi connectivity index (χ3n) is 4.65. The van der Waals surface area contributed by atoms with E-state index in [1.807, 2.05) is 30.3 Å². The SMILES string of the molecule is Br.CCCCCCCCCCCC(N)C(C(=O)C=O)c1ccccc1. The largest absolute Gasteiger partial charge is 0.327 e. The molecule has 0 saturated carbocycles. The quantitative estimate of drug-likeness (QED) is 0.254. The van der Waals surface area contributed by atoms with Crippen LogP contribution in [-0.2, 0) is 9.59 Å². The molecule has 1 rings (SSSR count). The summed E-state index contributed by atoms with van der Waals surface area (Å²) in [4.78, 5) is 22.9. The number of hydrogen-bond acceptors (Lipinski definition) is 3. The maximum Gasteiger partial charge on any atom is 0.204 e. The molecule has 0 aliphatic carbocycles. The summed E-state index contributed by atoms with van der Waals surface area (Å²) in [5.41, 5.74) is 7.09. The van der Waals surface area contributed by atoms with Crippen molar-refractivity contribution in [2.75, 3.05) is 0 Å². The summed E-state index contributed by atoms with van der Waals surface area (Å²) in [7, 11) is 0. The fourth-order valence-corrected chi connectivity index (χ4v) is 3.21. The molecule has 0 aromatic heterocycles. The Morgan fingerprint density at radius 3 is 2.00 bits per heavy atom. The third-order valence-corrected chi connectivity index (χ3v) is 4.65. The lowest BCUT2D eigenvalue weighted by molar-refractivity contribution is -0.131. The molecule has 3 nitrogen and oxygen atoms in total. The van der Waals surface area contributed by atoms with Crippen LogP contribution in [0.25, 0.3) is 0 Å². The van der Waals surface area contributed by atoms with Crippen LogP contribution in [0.5, 0.6) is 0 Å². The molecule has 0 spiro atoms. The van der Waals surface area contributed by atoms with Crippen molar-refractivity contribution < 1.29 is 9.59 Å². The predicted octanol–water partition coefficient (Wildman–Crippen LogP) is 5.36. The van der Waals surface area contributed by atoms with Gasteiger partial charge in [-0.05, 0) is 12.0 Å². The Balaban J connectivity index is 0.00000576. The number of nitrogens with two attached hydrogens (primary N) is 1. The maximum atomic E-state index is 12.0. The number of aldehydes is 1. The fraction of sp³-hybridized carbons (Fsp3) is 0.619. The number of benzene rings is 1. The second-order valence-corrected chi connectivity index (χ2v) is 6.69. The molecule has 4 heteroatoms. The molecule has 25 heavy (non-hydrogen) atoms. The molecule has 1 aromatic carbocycles. The summed E-state index contributed by atoms with van der Waals surface area (Å²) >= 11 is 0. The molecule has 1 aromatic rings. The average molecular weight is 412 g/mol. The number of halogens is 1. The number of unbranched alkanes of at least 4 members (excludes halogenated alkanes) is 8. The molecule has 0 fully saturated rings. The smallest absolute Gasteiger partial charge is 0.204 e. The van der Waals surface area contributed by atoms with Gasteiger partial charge in [0, 0.05) is 6.04 Å². The highest BCUT2D eigenvalue weighted by Crippen LogP contribution is 2.23. The molecule has 0 aliphatic heterocycles.